The Hall–Kier alpha value is -3.10. The van der Waals surface area contributed by atoms with Gasteiger partial charge in [-0.1, -0.05) is 36.4 Å². The highest BCUT2D eigenvalue weighted by Crippen LogP contribution is 2.29. The molecule has 0 aliphatic rings. The lowest BCUT2D eigenvalue weighted by atomic mass is 10.1. The minimum atomic E-state index is -0.604. The average Bonchev–Trinajstić information content (AvgIpc) is 2.81. The highest BCUT2D eigenvalue weighted by molar-refractivity contribution is 8.03. The molecule has 0 aromatic heterocycles. The SMILES string of the molecule is C=C/C=C(\C(Cl)=C/C)C(C)OC(/C=C/N=CNc1ccc(OC)c(OC)c1)=C(/SC)C(N)=O. The summed E-state index contributed by atoms with van der Waals surface area (Å²) in [4.78, 5) is 16.4. The first-order chi connectivity index (χ1) is 15.8. The van der Waals surface area contributed by atoms with Crippen LogP contribution in [0.5, 0.6) is 11.5 Å². The van der Waals surface area contributed by atoms with Crippen LogP contribution in [0.25, 0.3) is 0 Å². The molecule has 1 rings (SSSR count). The number of nitrogens with two attached hydrogens (primary N) is 1. The third-order valence-corrected chi connectivity index (χ3v) is 5.47. The Morgan fingerprint density at radius 1 is 1.30 bits per heavy atom. The summed E-state index contributed by atoms with van der Waals surface area (Å²) in [5.41, 5.74) is 7.00. The summed E-state index contributed by atoms with van der Waals surface area (Å²) in [5, 5.41) is 3.55. The van der Waals surface area contributed by atoms with Gasteiger partial charge in [-0.3, -0.25) is 4.79 Å². The number of ether oxygens (including phenoxy) is 3. The van der Waals surface area contributed by atoms with Crippen molar-refractivity contribution in [3.63, 3.8) is 0 Å². The Balaban J connectivity index is 3.07. The standard InChI is InChI=1S/C24H30ClN3O4S/c1-7-9-18(19(25)8-2)16(3)32-21(23(33-6)24(26)29)12-13-27-15-28-17-10-11-20(30-4)22(14-17)31-5/h7-16H,1H2,2-6H3,(H2,26,29)(H,27,28)/b13-12+,18-9-,19-8+,23-21+. The number of benzene rings is 1. The van der Waals surface area contributed by atoms with Crippen LogP contribution in [0.4, 0.5) is 5.69 Å². The molecule has 0 aliphatic heterocycles. The van der Waals surface area contributed by atoms with E-state index in [1.165, 1.54) is 24.3 Å². The Morgan fingerprint density at radius 3 is 2.55 bits per heavy atom. The molecule has 9 heteroatoms. The van der Waals surface area contributed by atoms with E-state index in [4.69, 9.17) is 31.5 Å². The fourth-order valence-corrected chi connectivity index (χ4v) is 3.37. The molecule has 0 saturated heterocycles. The van der Waals surface area contributed by atoms with E-state index in [0.717, 1.165) is 5.69 Å². The van der Waals surface area contributed by atoms with Gasteiger partial charge in [0.05, 0.1) is 20.6 Å². The van der Waals surface area contributed by atoms with E-state index in [1.807, 2.05) is 19.9 Å². The molecule has 33 heavy (non-hydrogen) atoms. The number of anilines is 1. The molecule has 0 radical (unpaired) electrons. The van der Waals surface area contributed by atoms with Crippen LogP contribution in [0.1, 0.15) is 13.8 Å². The zero-order valence-corrected chi connectivity index (χ0v) is 21.0. The van der Waals surface area contributed by atoms with Crippen molar-refractivity contribution in [2.24, 2.45) is 10.7 Å². The maximum atomic E-state index is 11.9. The number of primary amides is 1. The van der Waals surface area contributed by atoms with E-state index in [0.29, 0.717) is 22.1 Å². The summed E-state index contributed by atoms with van der Waals surface area (Å²) in [6.45, 7) is 7.35. The molecular weight excluding hydrogens is 462 g/mol. The van der Waals surface area contributed by atoms with Gasteiger partial charge in [-0.05, 0) is 38.3 Å². The first kappa shape index (κ1) is 27.9. The largest absolute Gasteiger partial charge is 0.493 e. The predicted octanol–water partition coefficient (Wildman–Crippen LogP) is 5.38. The normalized spacial score (nSPS) is 14.1. The maximum absolute atomic E-state index is 11.9. The van der Waals surface area contributed by atoms with Crippen molar-refractivity contribution in [3.8, 4) is 11.5 Å². The molecule has 0 spiro atoms. The van der Waals surface area contributed by atoms with Crippen molar-refractivity contribution in [1.29, 1.82) is 0 Å². The molecule has 0 aliphatic carbocycles. The first-order valence-electron chi connectivity index (χ1n) is 9.89. The van der Waals surface area contributed by atoms with E-state index in [2.05, 4.69) is 16.9 Å². The molecule has 0 bridgehead atoms. The van der Waals surface area contributed by atoms with Crippen LogP contribution in [0.2, 0.25) is 0 Å². The number of nitrogens with one attached hydrogen (secondary N) is 1. The second kappa shape index (κ2) is 14.9. The summed E-state index contributed by atoms with van der Waals surface area (Å²) in [7, 11) is 3.14. The van der Waals surface area contributed by atoms with Crippen LogP contribution in [0.15, 0.2) is 81.5 Å². The number of carbonyl (C=O) groups is 1. The van der Waals surface area contributed by atoms with Crippen molar-refractivity contribution < 1.29 is 19.0 Å². The van der Waals surface area contributed by atoms with Gasteiger partial charge in [0.15, 0.2) is 11.5 Å². The minimum Gasteiger partial charge on any atom is -0.493 e. The molecule has 1 amide bonds. The summed E-state index contributed by atoms with van der Waals surface area (Å²) < 4.78 is 16.5. The van der Waals surface area contributed by atoms with E-state index < -0.39 is 12.0 Å². The summed E-state index contributed by atoms with van der Waals surface area (Å²) in [5.74, 6) is 0.891. The molecule has 1 aromatic rings. The Morgan fingerprint density at radius 2 is 2.00 bits per heavy atom. The van der Waals surface area contributed by atoms with Crippen LogP contribution in [-0.4, -0.2) is 38.8 Å². The number of hydrogen-bond acceptors (Lipinski definition) is 6. The molecule has 7 nitrogen and oxygen atoms in total. The molecule has 1 aromatic carbocycles. The smallest absolute Gasteiger partial charge is 0.258 e. The molecule has 0 fully saturated rings. The Bertz CT molecular complexity index is 984. The second-order valence-electron chi connectivity index (χ2n) is 6.32. The van der Waals surface area contributed by atoms with Gasteiger partial charge in [-0.2, -0.15) is 0 Å². The average molecular weight is 492 g/mol. The van der Waals surface area contributed by atoms with Gasteiger partial charge >= 0.3 is 0 Å². The van der Waals surface area contributed by atoms with Gasteiger partial charge in [0.1, 0.15) is 16.8 Å². The third kappa shape index (κ3) is 8.75. The molecular formula is C24H30ClN3O4S. The first-order valence-corrected chi connectivity index (χ1v) is 11.5. The highest BCUT2D eigenvalue weighted by atomic mass is 35.5. The lowest BCUT2D eigenvalue weighted by Crippen LogP contribution is -2.18. The maximum Gasteiger partial charge on any atom is 0.258 e. The predicted molar refractivity (Wildman–Crippen MR) is 139 cm³/mol. The number of methoxy groups -OCH3 is 2. The second-order valence-corrected chi connectivity index (χ2v) is 7.55. The molecule has 0 saturated carbocycles. The van der Waals surface area contributed by atoms with Crippen molar-refractivity contribution in [2.75, 3.05) is 25.8 Å². The van der Waals surface area contributed by atoms with Gasteiger partial charge < -0.3 is 25.3 Å². The van der Waals surface area contributed by atoms with Crippen LogP contribution in [0, 0.1) is 0 Å². The van der Waals surface area contributed by atoms with Gasteiger partial charge in [-0.15, -0.1) is 11.8 Å². The summed E-state index contributed by atoms with van der Waals surface area (Å²) >= 11 is 7.48. The zero-order chi connectivity index (χ0) is 24.8. The summed E-state index contributed by atoms with van der Waals surface area (Å²) in [6.07, 6.45) is 10.9. The number of nitrogens with zero attached hydrogens (tertiary/aromatic N) is 1. The van der Waals surface area contributed by atoms with Crippen molar-refractivity contribution in [2.45, 2.75) is 20.0 Å². The third-order valence-electron chi connectivity index (χ3n) is 4.22. The highest BCUT2D eigenvalue weighted by Gasteiger charge is 2.18. The van der Waals surface area contributed by atoms with Gasteiger partial charge in [-0.25, -0.2) is 4.99 Å². The number of rotatable bonds is 13. The van der Waals surface area contributed by atoms with E-state index >= 15 is 0 Å². The Kier molecular flexibility index (Phi) is 12.6. The van der Waals surface area contributed by atoms with E-state index in [-0.39, 0.29) is 10.7 Å². The number of halogens is 1. The van der Waals surface area contributed by atoms with Crippen molar-refractivity contribution in [3.05, 3.63) is 76.6 Å². The molecule has 1 atom stereocenters. The molecule has 0 heterocycles. The number of allylic oxidation sites excluding steroid dienone is 4. The lowest BCUT2D eigenvalue weighted by Gasteiger charge is -2.19. The van der Waals surface area contributed by atoms with Crippen molar-refractivity contribution >= 4 is 41.3 Å². The lowest BCUT2D eigenvalue weighted by molar-refractivity contribution is -0.114. The monoisotopic (exact) mass is 491 g/mol. The van der Waals surface area contributed by atoms with Gasteiger partial charge in [0.25, 0.3) is 5.91 Å². The summed E-state index contributed by atoms with van der Waals surface area (Å²) in [6, 6.07) is 5.38. The van der Waals surface area contributed by atoms with E-state index in [9.17, 15) is 4.79 Å². The quantitative estimate of drug-likeness (QED) is 0.126. The van der Waals surface area contributed by atoms with Gasteiger partial charge in [0, 0.05) is 28.6 Å². The fraction of sp³-hybridized carbons (Fsp3) is 0.250. The molecule has 178 valence electrons. The number of carbonyl (C=O) groups excluding carboxylic acids is 1. The van der Waals surface area contributed by atoms with Gasteiger partial charge in [0.2, 0.25) is 0 Å². The fourth-order valence-electron chi connectivity index (χ4n) is 2.64. The topological polar surface area (TPSA) is 95.2 Å². The number of amides is 1. The van der Waals surface area contributed by atoms with Crippen LogP contribution >= 0.6 is 23.4 Å². The zero-order valence-electron chi connectivity index (χ0n) is 19.4. The van der Waals surface area contributed by atoms with E-state index in [1.54, 1.807) is 56.9 Å². The van der Waals surface area contributed by atoms with Crippen LogP contribution < -0.4 is 20.5 Å². The molecule has 3 N–H and O–H groups in total. The number of hydrogen-bond donors (Lipinski definition) is 2. The molecule has 1 unspecified atom stereocenters. The number of thioether (sulfide) groups is 1. The minimum absolute atomic E-state index is 0.260. The Labute approximate surface area is 204 Å². The number of aliphatic imine (C=N–C) groups is 1. The van der Waals surface area contributed by atoms with Crippen LogP contribution in [-0.2, 0) is 9.53 Å². The van der Waals surface area contributed by atoms with Crippen molar-refractivity contribution in [1.82, 2.24) is 0 Å². The van der Waals surface area contributed by atoms with Crippen LogP contribution in [0.3, 0.4) is 0 Å².